The molecule has 0 aliphatic rings. The van der Waals surface area contributed by atoms with Crippen LogP contribution in [0.2, 0.25) is 0 Å². The molecular weight excluding hydrogens is 314 g/mol. The van der Waals surface area contributed by atoms with Crippen LogP contribution in [0.1, 0.15) is 29.4 Å². The summed E-state index contributed by atoms with van der Waals surface area (Å²) in [6.45, 7) is 3.12. The number of hydrogen-bond donors (Lipinski definition) is 1. The van der Waals surface area contributed by atoms with Crippen LogP contribution in [0.15, 0.2) is 66.9 Å². The molecule has 1 amide bonds. The number of carbonyl (C=O) groups is 1. The van der Waals surface area contributed by atoms with Crippen molar-refractivity contribution in [3.05, 3.63) is 78.1 Å². The Hall–Kier alpha value is -3.08. The molecule has 0 saturated heterocycles. The van der Waals surface area contributed by atoms with Gasteiger partial charge in [0.2, 0.25) is 0 Å². The van der Waals surface area contributed by atoms with E-state index < -0.39 is 0 Å². The lowest BCUT2D eigenvalue weighted by Crippen LogP contribution is -2.31. The second-order valence-electron chi connectivity index (χ2n) is 5.86. The van der Waals surface area contributed by atoms with Crippen molar-refractivity contribution >= 4 is 5.91 Å². The van der Waals surface area contributed by atoms with Crippen molar-refractivity contribution in [1.29, 1.82) is 0 Å². The maximum absolute atomic E-state index is 12.9. The molecule has 0 spiro atoms. The lowest BCUT2D eigenvalue weighted by Gasteiger charge is -2.21. The highest BCUT2D eigenvalue weighted by atomic mass is 16.3. The van der Waals surface area contributed by atoms with Crippen molar-refractivity contribution in [1.82, 2.24) is 14.7 Å². The molecule has 5 heteroatoms. The number of amides is 1. The Morgan fingerprint density at radius 2 is 1.72 bits per heavy atom. The lowest BCUT2D eigenvalue weighted by atomic mass is 10.2. The highest BCUT2D eigenvalue weighted by Crippen LogP contribution is 2.21. The summed E-state index contributed by atoms with van der Waals surface area (Å²) in [5.41, 5.74) is 1.92. The van der Waals surface area contributed by atoms with Crippen LogP contribution < -0.4 is 0 Å². The monoisotopic (exact) mass is 335 g/mol. The van der Waals surface area contributed by atoms with E-state index in [4.69, 9.17) is 0 Å². The number of rotatable bonds is 6. The minimum Gasteiger partial charge on any atom is -0.504 e. The molecule has 0 atom stereocenters. The summed E-state index contributed by atoms with van der Waals surface area (Å²) in [6, 6.07) is 19.2. The highest BCUT2D eigenvalue weighted by molar-refractivity contribution is 5.94. The number of aromatic nitrogens is 2. The fourth-order valence-electron chi connectivity index (χ4n) is 2.71. The highest BCUT2D eigenvalue weighted by Gasteiger charge is 2.22. The topological polar surface area (TPSA) is 58.4 Å². The maximum Gasteiger partial charge on any atom is 0.278 e. The standard InChI is InChI=1S/C20H21N3O2/c1-2-13-22(14-16-9-5-3-6-10-16)20(25)19-18(24)15-23(21-19)17-11-7-4-8-12-17/h3-12,15,24H,2,13-14H2,1H3. The number of nitrogens with zero attached hydrogens (tertiary/aromatic N) is 3. The van der Waals surface area contributed by atoms with Gasteiger partial charge in [0.15, 0.2) is 11.4 Å². The van der Waals surface area contributed by atoms with E-state index in [0.29, 0.717) is 13.1 Å². The number of benzene rings is 2. The summed E-state index contributed by atoms with van der Waals surface area (Å²) in [7, 11) is 0. The van der Waals surface area contributed by atoms with E-state index in [1.54, 1.807) is 4.90 Å². The van der Waals surface area contributed by atoms with Crippen LogP contribution in [0.25, 0.3) is 5.69 Å². The zero-order valence-corrected chi connectivity index (χ0v) is 14.2. The largest absolute Gasteiger partial charge is 0.504 e. The van der Waals surface area contributed by atoms with Crippen LogP contribution in [0.5, 0.6) is 5.75 Å². The summed E-state index contributed by atoms with van der Waals surface area (Å²) in [4.78, 5) is 14.6. The second-order valence-corrected chi connectivity index (χ2v) is 5.86. The predicted octanol–water partition coefficient (Wildman–Crippen LogP) is 3.63. The molecule has 0 aliphatic heterocycles. The van der Waals surface area contributed by atoms with Crippen LogP contribution in [0.4, 0.5) is 0 Å². The molecule has 128 valence electrons. The first kappa shape index (κ1) is 16.8. The molecule has 1 N–H and O–H groups in total. The van der Waals surface area contributed by atoms with Gasteiger partial charge in [0, 0.05) is 13.1 Å². The van der Waals surface area contributed by atoms with Gasteiger partial charge in [0.25, 0.3) is 5.91 Å². The van der Waals surface area contributed by atoms with Crippen LogP contribution in [-0.4, -0.2) is 32.2 Å². The summed E-state index contributed by atoms with van der Waals surface area (Å²) < 4.78 is 1.52. The Bertz CT molecular complexity index is 829. The minimum absolute atomic E-state index is 0.0771. The Morgan fingerprint density at radius 1 is 1.08 bits per heavy atom. The predicted molar refractivity (Wildman–Crippen MR) is 96.7 cm³/mol. The van der Waals surface area contributed by atoms with Crippen LogP contribution in [0, 0.1) is 0 Å². The average molecular weight is 335 g/mol. The van der Waals surface area contributed by atoms with Crippen LogP contribution in [0.3, 0.4) is 0 Å². The van der Waals surface area contributed by atoms with Crippen molar-refractivity contribution in [2.45, 2.75) is 19.9 Å². The summed E-state index contributed by atoms with van der Waals surface area (Å²) in [5, 5.41) is 14.5. The smallest absolute Gasteiger partial charge is 0.278 e. The number of para-hydroxylation sites is 1. The molecule has 0 bridgehead atoms. The summed E-state index contributed by atoms with van der Waals surface area (Å²) in [6.07, 6.45) is 2.30. The summed E-state index contributed by atoms with van der Waals surface area (Å²) >= 11 is 0. The molecule has 25 heavy (non-hydrogen) atoms. The van der Waals surface area contributed by atoms with E-state index in [0.717, 1.165) is 17.7 Å². The van der Waals surface area contributed by atoms with E-state index in [9.17, 15) is 9.90 Å². The van der Waals surface area contributed by atoms with Gasteiger partial charge in [-0.3, -0.25) is 4.79 Å². The van der Waals surface area contributed by atoms with Gasteiger partial charge in [-0.2, -0.15) is 5.10 Å². The van der Waals surface area contributed by atoms with Gasteiger partial charge >= 0.3 is 0 Å². The van der Waals surface area contributed by atoms with Gasteiger partial charge in [0.1, 0.15) is 0 Å². The first-order chi connectivity index (χ1) is 12.2. The Balaban J connectivity index is 1.86. The van der Waals surface area contributed by atoms with Crippen molar-refractivity contribution in [2.24, 2.45) is 0 Å². The fraction of sp³-hybridized carbons (Fsp3) is 0.200. The number of aromatic hydroxyl groups is 1. The Labute approximate surface area is 147 Å². The normalized spacial score (nSPS) is 10.6. The molecule has 0 fully saturated rings. The first-order valence-electron chi connectivity index (χ1n) is 8.36. The molecule has 0 unspecified atom stereocenters. The Morgan fingerprint density at radius 3 is 2.36 bits per heavy atom. The number of hydrogen-bond acceptors (Lipinski definition) is 3. The molecule has 0 radical (unpaired) electrons. The molecule has 2 aromatic carbocycles. The third-order valence-electron chi connectivity index (χ3n) is 3.92. The molecule has 0 saturated carbocycles. The molecular formula is C20H21N3O2. The van der Waals surface area contributed by atoms with Crippen LogP contribution >= 0.6 is 0 Å². The summed E-state index contributed by atoms with van der Waals surface area (Å²) in [5.74, 6) is -0.374. The fourth-order valence-corrected chi connectivity index (χ4v) is 2.71. The third kappa shape index (κ3) is 3.88. The van der Waals surface area contributed by atoms with Gasteiger partial charge < -0.3 is 10.0 Å². The van der Waals surface area contributed by atoms with Crippen molar-refractivity contribution < 1.29 is 9.90 Å². The van der Waals surface area contributed by atoms with E-state index in [2.05, 4.69) is 5.10 Å². The third-order valence-corrected chi connectivity index (χ3v) is 3.92. The van der Waals surface area contributed by atoms with Gasteiger partial charge in [-0.15, -0.1) is 0 Å². The van der Waals surface area contributed by atoms with E-state index in [-0.39, 0.29) is 17.4 Å². The van der Waals surface area contributed by atoms with Crippen molar-refractivity contribution in [3.8, 4) is 11.4 Å². The van der Waals surface area contributed by atoms with Gasteiger partial charge in [-0.1, -0.05) is 55.5 Å². The van der Waals surface area contributed by atoms with Gasteiger partial charge in [-0.05, 0) is 24.1 Å². The lowest BCUT2D eigenvalue weighted by molar-refractivity contribution is 0.0733. The quantitative estimate of drug-likeness (QED) is 0.748. The molecule has 1 aromatic heterocycles. The zero-order valence-electron chi connectivity index (χ0n) is 14.2. The second kappa shape index (κ2) is 7.66. The van der Waals surface area contributed by atoms with E-state index >= 15 is 0 Å². The van der Waals surface area contributed by atoms with Gasteiger partial charge in [-0.25, -0.2) is 4.68 Å². The average Bonchev–Trinajstić information content (AvgIpc) is 3.04. The zero-order chi connectivity index (χ0) is 17.6. The first-order valence-corrected chi connectivity index (χ1v) is 8.36. The van der Waals surface area contributed by atoms with E-state index in [1.807, 2.05) is 67.6 Å². The van der Waals surface area contributed by atoms with Crippen molar-refractivity contribution in [3.63, 3.8) is 0 Å². The van der Waals surface area contributed by atoms with Gasteiger partial charge in [0.05, 0.1) is 11.9 Å². The van der Waals surface area contributed by atoms with E-state index in [1.165, 1.54) is 10.9 Å². The van der Waals surface area contributed by atoms with Crippen molar-refractivity contribution in [2.75, 3.05) is 6.54 Å². The minimum atomic E-state index is -0.266. The number of carbonyl (C=O) groups excluding carboxylic acids is 1. The molecule has 1 heterocycles. The molecule has 0 aliphatic carbocycles. The molecule has 5 nitrogen and oxygen atoms in total. The Kier molecular flexibility index (Phi) is 5.14. The SMILES string of the molecule is CCCN(Cc1ccccc1)C(=O)c1nn(-c2ccccc2)cc1O. The maximum atomic E-state index is 12.9. The van der Waals surface area contributed by atoms with Crippen LogP contribution in [-0.2, 0) is 6.54 Å². The molecule has 3 rings (SSSR count). The molecule has 3 aromatic rings.